The molecule has 1 aliphatic heterocycles. The lowest BCUT2D eigenvalue weighted by molar-refractivity contribution is 0.0949. The third kappa shape index (κ3) is 2.85. The van der Waals surface area contributed by atoms with E-state index in [1.807, 2.05) is 36.4 Å². The van der Waals surface area contributed by atoms with Gasteiger partial charge in [-0.2, -0.15) is 0 Å². The number of rotatable bonds is 3. The molecular weight excluding hydrogens is 350 g/mol. The lowest BCUT2D eigenvalue weighted by Gasteiger charge is -2.13. The topological polar surface area (TPSA) is 93.3 Å². The third-order valence-corrected chi connectivity index (χ3v) is 4.56. The number of amides is 1. The van der Waals surface area contributed by atoms with Crippen molar-refractivity contribution in [1.29, 1.82) is 0 Å². The van der Waals surface area contributed by atoms with Crippen molar-refractivity contribution in [3.8, 4) is 0 Å². The van der Waals surface area contributed by atoms with E-state index in [-0.39, 0.29) is 10.7 Å². The minimum absolute atomic E-state index is 0.0987. The van der Waals surface area contributed by atoms with Gasteiger partial charge in [0.2, 0.25) is 0 Å². The molecule has 0 radical (unpaired) electrons. The van der Waals surface area contributed by atoms with Gasteiger partial charge >= 0.3 is 0 Å². The Balaban J connectivity index is 1.70. The van der Waals surface area contributed by atoms with Crippen LogP contribution in [0.1, 0.15) is 28.2 Å². The van der Waals surface area contributed by atoms with Crippen molar-refractivity contribution < 1.29 is 4.79 Å². The molecule has 3 heterocycles. The first-order chi connectivity index (χ1) is 12.7. The van der Waals surface area contributed by atoms with E-state index >= 15 is 0 Å². The zero-order valence-corrected chi connectivity index (χ0v) is 14.4. The minimum Gasteiger partial charge on any atom is -0.289 e. The molecule has 2 aromatic heterocycles. The highest BCUT2D eigenvalue weighted by atomic mass is 35.5. The molecule has 3 N–H and O–H groups in total. The zero-order valence-electron chi connectivity index (χ0n) is 13.6. The van der Waals surface area contributed by atoms with Crippen LogP contribution in [0.4, 0.5) is 0 Å². The van der Waals surface area contributed by atoms with Crippen LogP contribution in [0.5, 0.6) is 0 Å². The molecule has 0 fully saturated rings. The molecule has 0 saturated carbocycles. The second-order valence-electron chi connectivity index (χ2n) is 5.76. The van der Waals surface area contributed by atoms with Crippen LogP contribution in [0.25, 0.3) is 11.3 Å². The predicted molar refractivity (Wildman–Crippen MR) is 101 cm³/mol. The molecule has 2 aromatic rings. The smallest absolute Gasteiger partial charge is 0.285 e. The number of nitrogens with one attached hydrogen (secondary N) is 1. The van der Waals surface area contributed by atoms with Gasteiger partial charge in [-0.1, -0.05) is 23.7 Å². The Morgan fingerprint density at radius 1 is 1.12 bits per heavy atom. The number of halogens is 1. The normalized spacial score (nSPS) is 15.5. The van der Waals surface area contributed by atoms with Gasteiger partial charge in [-0.25, -0.2) is 10.8 Å². The number of hydrazine groups is 1. The summed E-state index contributed by atoms with van der Waals surface area (Å²) in [5.41, 5.74) is 7.47. The first kappa shape index (κ1) is 16.4. The number of nitrogens with two attached hydrogens (primary N) is 1. The maximum Gasteiger partial charge on any atom is 0.285 e. The number of fused-ring (bicyclic) bond motifs is 1. The molecule has 0 unspecified atom stereocenters. The lowest BCUT2D eigenvalue weighted by atomic mass is 9.93. The number of aromatic nitrogens is 2. The first-order valence-corrected chi connectivity index (χ1v) is 8.34. The van der Waals surface area contributed by atoms with Crippen molar-refractivity contribution in [3.05, 3.63) is 82.4 Å². The van der Waals surface area contributed by atoms with Crippen molar-refractivity contribution >= 4 is 34.5 Å². The summed E-state index contributed by atoms with van der Waals surface area (Å²) < 4.78 is 0. The maximum atomic E-state index is 11.8. The van der Waals surface area contributed by atoms with Gasteiger partial charge in [-0.3, -0.25) is 20.2 Å². The van der Waals surface area contributed by atoms with E-state index in [4.69, 9.17) is 17.4 Å². The molecule has 1 amide bonds. The van der Waals surface area contributed by atoms with E-state index in [0.717, 1.165) is 33.8 Å². The summed E-state index contributed by atoms with van der Waals surface area (Å²) in [5.74, 6) is 4.66. The molecule has 0 atom stereocenters. The number of nitrogens with zero attached hydrogens (tertiary/aromatic N) is 3. The molecule has 0 spiro atoms. The molecule has 0 aromatic carbocycles. The average Bonchev–Trinajstić information content (AvgIpc) is 3.11. The number of pyridine rings is 2. The van der Waals surface area contributed by atoms with E-state index in [1.165, 1.54) is 0 Å². The molecule has 6 nitrogen and oxygen atoms in total. The fourth-order valence-electron chi connectivity index (χ4n) is 2.92. The molecule has 2 aliphatic rings. The molecule has 7 heteroatoms. The average molecular weight is 364 g/mol. The second kappa shape index (κ2) is 6.67. The highest BCUT2D eigenvalue weighted by Gasteiger charge is 2.22. The summed E-state index contributed by atoms with van der Waals surface area (Å²) in [6, 6.07) is 7.52. The molecule has 0 saturated heterocycles. The summed E-state index contributed by atoms with van der Waals surface area (Å²) >= 11 is 6.38. The fourth-order valence-corrected chi connectivity index (χ4v) is 3.23. The number of carbonyl (C=O) groups excluding carboxylic acids is 1. The Labute approximate surface area is 154 Å². The highest BCUT2D eigenvalue weighted by Crippen LogP contribution is 2.34. The van der Waals surface area contributed by atoms with Gasteiger partial charge in [0.25, 0.3) is 5.91 Å². The summed E-state index contributed by atoms with van der Waals surface area (Å²) in [7, 11) is 0. The van der Waals surface area contributed by atoms with E-state index in [1.54, 1.807) is 18.5 Å². The molecule has 1 aliphatic carbocycles. The van der Waals surface area contributed by atoms with Crippen LogP contribution in [-0.2, 0) is 0 Å². The number of aliphatic imine (C=N–C) groups is 1. The molecule has 4 rings (SSSR count). The number of hydrogen-bond acceptors (Lipinski definition) is 5. The van der Waals surface area contributed by atoms with Gasteiger partial charge in [-0.05, 0) is 41.5 Å². The Morgan fingerprint density at radius 3 is 2.77 bits per heavy atom. The Bertz CT molecular complexity index is 1020. The number of nitrogen functional groups attached to an aromatic ring is 1. The van der Waals surface area contributed by atoms with Gasteiger partial charge in [0.05, 0.1) is 22.1 Å². The largest absolute Gasteiger partial charge is 0.289 e. The van der Waals surface area contributed by atoms with E-state index < -0.39 is 5.91 Å². The number of carbonyl (C=O) groups is 1. The Morgan fingerprint density at radius 2 is 2.00 bits per heavy atom. The maximum absolute atomic E-state index is 11.8. The Kier molecular flexibility index (Phi) is 4.20. The van der Waals surface area contributed by atoms with Crippen LogP contribution in [0, 0.1) is 0 Å². The summed E-state index contributed by atoms with van der Waals surface area (Å²) in [6.45, 7) is 0. The van der Waals surface area contributed by atoms with Crippen LogP contribution in [-0.4, -0.2) is 21.6 Å². The van der Waals surface area contributed by atoms with Crippen LogP contribution >= 0.6 is 11.6 Å². The molecule has 128 valence electrons. The third-order valence-electron chi connectivity index (χ3n) is 4.18. The fraction of sp³-hybridized carbons (Fsp3) is 0.0526. The number of hydrogen-bond donors (Lipinski definition) is 2. The van der Waals surface area contributed by atoms with Gasteiger partial charge in [0.15, 0.2) is 0 Å². The van der Waals surface area contributed by atoms with Crippen molar-refractivity contribution in [2.45, 2.75) is 6.42 Å². The SMILES string of the molecule is NNC(=O)c1nccc(C2=CCC3=NC(c4ccccn4)=CC3=C2)c1Cl. The van der Waals surface area contributed by atoms with E-state index in [2.05, 4.69) is 20.4 Å². The molecule has 26 heavy (non-hydrogen) atoms. The van der Waals surface area contributed by atoms with E-state index in [9.17, 15) is 4.79 Å². The zero-order chi connectivity index (χ0) is 18.1. The van der Waals surface area contributed by atoms with Crippen molar-refractivity contribution in [2.75, 3.05) is 0 Å². The van der Waals surface area contributed by atoms with E-state index in [0.29, 0.717) is 6.42 Å². The van der Waals surface area contributed by atoms with Crippen LogP contribution in [0.15, 0.2) is 65.5 Å². The first-order valence-electron chi connectivity index (χ1n) is 7.96. The monoisotopic (exact) mass is 363 g/mol. The highest BCUT2D eigenvalue weighted by molar-refractivity contribution is 6.35. The second-order valence-corrected chi connectivity index (χ2v) is 6.14. The van der Waals surface area contributed by atoms with Crippen LogP contribution in [0.3, 0.4) is 0 Å². The minimum atomic E-state index is -0.527. The summed E-state index contributed by atoms with van der Waals surface area (Å²) in [6.07, 6.45) is 10.0. The van der Waals surface area contributed by atoms with Gasteiger partial charge in [0.1, 0.15) is 5.69 Å². The lowest BCUT2D eigenvalue weighted by Crippen LogP contribution is -2.31. The van der Waals surface area contributed by atoms with Crippen LogP contribution in [0.2, 0.25) is 5.02 Å². The molecular formula is C19H14ClN5O. The van der Waals surface area contributed by atoms with Gasteiger partial charge in [0, 0.05) is 24.4 Å². The van der Waals surface area contributed by atoms with Gasteiger partial charge in [-0.15, -0.1) is 0 Å². The predicted octanol–water partition coefficient (Wildman–Crippen LogP) is 2.94. The Hall–Kier alpha value is -3.09. The van der Waals surface area contributed by atoms with Crippen LogP contribution < -0.4 is 11.3 Å². The van der Waals surface area contributed by atoms with Crippen molar-refractivity contribution in [2.24, 2.45) is 10.8 Å². The number of allylic oxidation sites excluding steroid dienone is 5. The van der Waals surface area contributed by atoms with Gasteiger partial charge < -0.3 is 0 Å². The quantitative estimate of drug-likeness (QED) is 0.498. The summed E-state index contributed by atoms with van der Waals surface area (Å²) in [5, 5.41) is 0.269. The summed E-state index contributed by atoms with van der Waals surface area (Å²) in [4.78, 5) is 24.8. The van der Waals surface area contributed by atoms with Crippen molar-refractivity contribution in [1.82, 2.24) is 15.4 Å². The molecule has 0 bridgehead atoms. The van der Waals surface area contributed by atoms with Crippen molar-refractivity contribution in [3.63, 3.8) is 0 Å². The standard InChI is InChI=1S/C19H14ClN5O/c20-17-13(6-8-23-18(17)19(26)25-21)11-4-5-14-12(9-11)10-16(24-14)15-3-1-2-7-22-15/h1-4,6-10H,5,21H2,(H,25,26).